The van der Waals surface area contributed by atoms with Crippen LogP contribution in [-0.2, 0) is 0 Å². The SMILES string of the molecule is Cc1ccc2c(c1)N=C(CCCC1=Nc3ccc(C)cc3[NH2+]1)[NH2+]2.F[B-](F)(F)F.F[B-](F)(F)F. The highest BCUT2D eigenvalue weighted by Crippen LogP contribution is 2.27. The van der Waals surface area contributed by atoms with E-state index < -0.39 is 14.5 Å². The summed E-state index contributed by atoms with van der Waals surface area (Å²) in [5.41, 5.74) is 7.29. The Bertz CT molecular complexity index is 1010. The number of hydrogen-bond acceptors (Lipinski definition) is 2. The molecule has 0 aromatic heterocycles. The van der Waals surface area contributed by atoms with Gasteiger partial charge in [0, 0.05) is 25.0 Å². The minimum Gasteiger partial charge on any atom is -0.418 e. The van der Waals surface area contributed by atoms with Gasteiger partial charge in [0.25, 0.3) is 0 Å². The number of fused-ring (bicyclic) bond motifs is 2. The van der Waals surface area contributed by atoms with E-state index >= 15 is 0 Å². The van der Waals surface area contributed by atoms with Gasteiger partial charge in [0.2, 0.25) is 11.7 Å². The molecule has 33 heavy (non-hydrogen) atoms. The molecule has 2 heterocycles. The fraction of sp³-hybridized carbons (Fsp3) is 0.263. The lowest BCUT2D eigenvalue weighted by molar-refractivity contribution is -0.442. The van der Waals surface area contributed by atoms with Crippen molar-refractivity contribution in [3.8, 4) is 0 Å². The Morgan fingerprint density at radius 2 is 1.09 bits per heavy atom. The first kappa shape index (κ1) is 26.5. The minimum absolute atomic E-state index is 1.01. The van der Waals surface area contributed by atoms with Crippen molar-refractivity contribution in [3.63, 3.8) is 0 Å². The zero-order valence-electron chi connectivity index (χ0n) is 17.8. The zero-order valence-corrected chi connectivity index (χ0v) is 17.8. The van der Waals surface area contributed by atoms with E-state index in [1.54, 1.807) is 0 Å². The molecule has 0 atom stereocenters. The van der Waals surface area contributed by atoms with E-state index in [-0.39, 0.29) is 0 Å². The molecule has 0 unspecified atom stereocenters. The summed E-state index contributed by atoms with van der Waals surface area (Å²) in [6, 6.07) is 12.9. The van der Waals surface area contributed by atoms with Gasteiger partial charge in [0.05, 0.1) is 0 Å². The maximum Gasteiger partial charge on any atom is 0.673 e. The molecule has 0 radical (unpaired) electrons. The van der Waals surface area contributed by atoms with Crippen molar-refractivity contribution in [3.05, 3.63) is 47.5 Å². The summed E-state index contributed by atoms with van der Waals surface area (Å²) in [5.74, 6) is 2.38. The first-order valence-electron chi connectivity index (χ1n) is 9.98. The highest BCUT2D eigenvalue weighted by molar-refractivity contribution is 6.50. The van der Waals surface area contributed by atoms with Crippen molar-refractivity contribution in [2.45, 2.75) is 33.1 Å². The van der Waals surface area contributed by atoms with Gasteiger partial charge >= 0.3 is 14.5 Å². The fourth-order valence-electron chi connectivity index (χ4n) is 3.20. The summed E-state index contributed by atoms with van der Waals surface area (Å²) < 4.78 is 78.0. The van der Waals surface area contributed by atoms with Crippen molar-refractivity contribution in [2.75, 3.05) is 0 Å². The third kappa shape index (κ3) is 10.6. The fourth-order valence-corrected chi connectivity index (χ4v) is 3.20. The van der Waals surface area contributed by atoms with Crippen LogP contribution in [0.25, 0.3) is 0 Å². The van der Waals surface area contributed by atoms with E-state index in [0.29, 0.717) is 0 Å². The monoisotopic (exact) mass is 480 g/mol. The molecule has 2 aliphatic heterocycles. The Labute approximate surface area is 185 Å². The lowest BCUT2D eigenvalue weighted by atomic mass is 10.2. The number of nitrogens with two attached hydrogens (primary N) is 2. The second-order valence-corrected chi connectivity index (χ2v) is 7.46. The molecule has 2 aromatic rings. The van der Waals surface area contributed by atoms with Gasteiger partial charge in [-0.15, -0.1) is 0 Å². The van der Waals surface area contributed by atoms with Gasteiger partial charge in [-0.1, -0.05) is 12.1 Å². The van der Waals surface area contributed by atoms with Crippen LogP contribution in [0.1, 0.15) is 30.4 Å². The van der Waals surface area contributed by atoms with Crippen LogP contribution in [0.5, 0.6) is 0 Å². The van der Waals surface area contributed by atoms with Gasteiger partial charge in [0.1, 0.15) is 11.4 Å². The van der Waals surface area contributed by atoms with E-state index in [0.717, 1.165) is 30.6 Å². The molecule has 4 nitrogen and oxygen atoms in total. The van der Waals surface area contributed by atoms with Crippen molar-refractivity contribution in [2.24, 2.45) is 9.98 Å². The highest BCUT2D eigenvalue weighted by Gasteiger charge is 2.22. The van der Waals surface area contributed by atoms with Crippen LogP contribution in [0.3, 0.4) is 0 Å². The van der Waals surface area contributed by atoms with E-state index in [1.165, 1.54) is 34.2 Å². The van der Waals surface area contributed by atoms with Crippen molar-refractivity contribution in [1.29, 1.82) is 0 Å². The summed E-state index contributed by atoms with van der Waals surface area (Å²) in [6.45, 7) is 4.24. The quantitative estimate of drug-likeness (QED) is 0.342. The van der Waals surface area contributed by atoms with Crippen molar-refractivity contribution < 1.29 is 45.2 Å². The predicted molar refractivity (Wildman–Crippen MR) is 114 cm³/mol. The number of quaternary nitrogens is 2. The molecule has 4 rings (SSSR count). The summed E-state index contributed by atoms with van der Waals surface area (Å²) in [5, 5.41) is 4.44. The van der Waals surface area contributed by atoms with Crippen molar-refractivity contribution >= 4 is 48.9 Å². The third-order valence-electron chi connectivity index (χ3n) is 4.41. The third-order valence-corrected chi connectivity index (χ3v) is 4.41. The van der Waals surface area contributed by atoms with Crippen LogP contribution in [0.15, 0.2) is 46.4 Å². The number of aliphatic imine (C=N–C) groups is 2. The topological polar surface area (TPSA) is 57.9 Å². The second kappa shape index (κ2) is 10.9. The van der Waals surface area contributed by atoms with E-state index in [9.17, 15) is 34.5 Å². The Kier molecular flexibility index (Phi) is 8.78. The van der Waals surface area contributed by atoms with Gasteiger partial charge in [-0.25, -0.2) is 0 Å². The molecule has 0 saturated heterocycles. The Morgan fingerprint density at radius 3 is 1.67 bits per heavy atom. The highest BCUT2D eigenvalue weighted by atomic mass is 19.5. The average Bonchev–Trinajstić information content (AvgIpc) is 3.21. The molecule has 2 aliphatic rings. The second-order valence-electron chi connectivity index (χ2n) is 7.46. The predicted octanol–water partition coefficient (Wildman–Crippen LogP) is 5.25. The number of rotatable bonds is 4. The van der Waals surface area contributed by atoms with E-state index in [4.69, 9.17) is 9.98 Å². The normalized spacial score (nSPS) is 14.2. The summed E-state index contributed by atoms with van der Waals surface area (Å²) >= 11 is 0. The van der Waals surface area contributed by atoms with Gasteiger partial charge in [0.15, 0.2) is 11.4 Å². The van der Waals surface area contributed by atoms with Crippen LogP contribution in [0.4, 0.5) is 57.3 Å². The van der Waals surface area contributed by atoms with Crippen LogP contribution < -0.4 is 10.6 Å². The van der Waals surface area contributed by atoms with Gasteiger partial charge < -0.3 is 34.5 Å². The molecule has 180 valence electrons. The maximum absolute atomic E-state index is 9.75. The van der Waals surface area contributed by atoms with Crippen LogP contribution in [0.2, 0.25) is 0 Å². The van der Waals surface area contributed by atoms with E-state index in [1.807, 2.05) is 0 Å². The molecule has 4 N–H and O–H groups in total. The van der Waals surface area contributed by atoms with Gasteiger partial charge in [-0.05, 0) is 43.5 Å². The first-order valence-corrected chi connectivity index (χ1v) is 9.98. The average molecular weight is 480 g/mol. The number of benzene rings is 2. The lowest BCUT2D eigenvalue weighted by Gasteiger charge is -1.98. The van der Waals surface area contributed by atoms with Gasteiger partial charge in [-0.2, -0.15) is 9.98 Å². The van der Waals surface area contributed by atoms with E-state index in [2.05, 4.69) is 60.9 Å². The molecule has 0 saturated carbocycles. The molecular weight excluding hydrogens is 458 g/mol. The van der Waals surface area contributed by atoms with Crippen molar-refractivity contribution in [1.82, 2.24) is 0 Å². The van der Waals surface area contributed by atoms with Crippen LogP contribution in [0, 0.1) is 13.8 Å². The zero-order chi connectivity index (χ0) is 24.8. The number of hydrogen-bond donors (Lipinski definition) is 2. The molecule has 0 amide bonds. The largest absolute Gasteiger partial charge is 0.673 e. The molecular formula is C19H22B2F8N4. The maximum atomic E-state index is 9.75. The van der Waals surface area contributed by atoms with Gasteiger partial charge in [-0.3, -0.25) is 10.6 Å². The molecule has 0 bridgehead atoms. The summed E-state index contributed by atoms with van der Waals surface area (Å²) in [6.07, 6.45) is 3.11. The molecule has 14 heteroatoms. The Balaban J connectivity index is 0.000000327. The summed E-state index contributed by atoms with van der Waals surface area (Å²) in [4.78, 5) is 9.46. The van der Waals surface area contributed by atoms with Crippen LogP contribution in [-0.4, -0.2) is 26.2 Å². The minimum atomic E-state index is -6.00. The number of halogens is 8. The summed E-state index contributed by atoms with van der Waals surface area (Å²) in [7, 11) is -12.0. The smallest absolute Gasteiger partial charge is 0.418 e. The molecule has 0 aliphatic carbocycles. The number of amidine groups is 2. The standard InChI is InChI=1S/C19H20N4.2BF4/c1-12-6-8-14-16(10-12)22-18(20-14)4-3-5-19-21-15-9-7-13(2)11-17(15)23-19;2*2-1(3,4)5/h6-11H,3-5H2,1-2H3,(H,20,22)(H,21,23);;/q;2*-1/p+2. The number of nitrogens with zero attached hydrogens (tertiary/aromatic N) is 2. The Hall–Kier alpha value is -2.73. The first-order chi connectivity index (χ1) is 15.2. The molecule has 2 aromatic carbocycles. The van der Waals surface area contributed by atoms with Crippen LogP contribution >= 0.6 is 0 Å². The number of aryl methyl sites for hydroxylation is 2. The Morgan fingerprint density at radius 1 is 0.636 bits per heavy atom. The lowest BCUT2D eigenvalue weighted by Crippen LogP contribution is -2.81. The molecule has 0 spiro atoms. The molecule has 0 fully saturated rings.